The first kappa shape index (κ1) is 17.6. The summed E-state index contributed by atoms with van der Waals surface area (Å²) in [5.74, 6) is 0.551. The van der Waals surface area contributed by atoms with E-state index in [2.05, 4.69) is 20.2 Å². The predicted octanol–water partition coefficient (Wildman–Crippen LogP) is 2.64. The van der Waals surface area contributed by atoms with Crippen LogP contribution in [-0.4, -0.2) is 41.0 Å². The Morgan fingerprint density at radius 3 is 2.69 bits per heavy atom. The van der Waals surface area contributed by atoms with E-state index in [4.69, 9.17) is 4.74 Å². The van der Waals surface area contributed by atoms with Crippen molar-refractivity contribution in [2.45, 2.75) is 19.3 Å². The van der Waals surface area contributed by atoms with E-state index >= 15 is 0 Å². The van der Waals surface area contributed by atoms with E-state index in [1.807, 2.05) is 0 Å². The summed E-state index contributed by atoms with van der Waals surface area (Å²) < 4.78 is 5.16. The summed E-state index contributed by atoms with van der Waals surface area (Å²) in [5, 5.41) is 13.6. The van der Waals surface area contributed by atoms with Gasteiger partial charge in [0.15, 0.2) is 0 Å². The molecule has 1 aliphatic rings. The van der Waals surface area contributed by atoms with Gasteiger partial charge in [0.25, 0.3) is 11.6 Å². The van der Waals surface area contributed by atoms with Gasteiger partial charge in [-0.1, -0.05) is 0 Å². The minimum absolute atomic E-state index is 0.141. The standard InChI is InChI=1S/C17H19N5O4/c1-26-15-6-5-12(22(24)25)9-13(15)20-17(23)14-10-16(19-11-18-14)21-7-3-2-4-8-21/h5-6,9-11H,2-4,7-8H2,1H3,(H,20,23). The second kappa shape index (κ2) is 7.77. The van der Waals surface area contributed by atoms with Crippen molar-refractivity contribution in [2.24, 2.45) is 0 Å². The zero-order valence-corrected chi connectivity index (χ0v) is 14.3. The molecule has 1 saturated heterocycles. The van der Waals surface area contributed by atoms with Crippen LogP contribution in [0.4, 0.5) is 17.2 Å². The number of hydrogen-bond donors (Lipinski definition) is 1. The molecule has 0 radical (unpaired) electrons. The lowest BCUT2D eigenvalue weighted by Crippen LogP contribution is -2.30. The average molecular weight is 357 g/mol. The number of nitro benzene ring substituents is 1. The van der Waals surface area contributed by atoms with Crippen LogP contribution in [0.25, 0.3) is 0 Å². The van der Waals surface area contributed by atoms with E-state index in [1.54, 1.807) is 6.07 Å². The maximum Gasteiger partial charge on any atom is 0.274 e. The van der Waals surface area contributed by atoms with Crippen LogP contribution >= 0.6 is 0 Å². The summed E-state index contributed by atoms with van der Waals surface area (Å²) in [6.07, 6.45) is 4.73. The Morgan fingerprint density at radius 2 is 2.00 bits per heavy atom. The molecule has 0 unspecified atom stereocenters. The summed E-state index contributed by atoms with van der Waals surface area (Å²) in [7, 11) is 1.43. The smallest absolute Gasteiger partial charge is 0.274 e. The molecule has 1 fully saturated rings. The number of non-ortho nitro benzene ring substituents is 1. The Kier molecular flexibility index (Phi) is 5.26. The molecule has 0 saturated carbocycles. The maximum atomic E-state index is 12.6. The molecule has 9 nitrogen and oxygen atoms in total. The minimum Gasteiger partial charge on any atom is -0.495 e. The Hall–Kier alpha value is -3.23. The fraction of sp³-hybridized carbons (Fsp3) is 0.353. The van der Waals surface area contributed by atoms with Crippen LogP contribution in [0, 0.1) is 10.1 Å². The van der Waals surface area contributed by atoms with Gasteiger partial charge in [0.05, 0.1) is 17.7 Å². The zero-order chi connectivity index (χ0) is 18.5. The molecule has 1 amide bonds. The third-order valence-electron chi connectivity index (χ3n) is 4.21. The van der Waals surface area contributed by atoms with Gasteiger partial charge in [0, 0.05) is 31.3 Å². The molecule has 9 heteroatoms. The monoisotopic (exact) mass is 357 g/mol. The molecule has 0 bridgehead atoms. The zero-order valence-electron chi connectivity index (χ0n) is 14.3. The van der Waals surface area contributed by atoms with Crippen LogP contribution in [0.15, 0.2) is 30.6 Å². The number of nitrogens with one attached hydrogen (secondary N) is 1. The van der Waals surface area contributed by atoms with E-state index in [0.29, 0.717) is 11.6 Å². The number of carbonyl (C=O) groups is 1. The summed E-state index contributed by atoms with van der Waals surface area (Å²) >= 11 is 0. The number of anilines is 2. The molecule has 1 aromatic carbocycles. The highest BCUT2D eigenvalue weighted by atomic mass is 16.6. The average Bonchev–Trinajstić information content (AvgIpc) is 2.68. The molecule has 136 valence electrons. The molecule has 1 aliphatic heterocycles. The van der Waals surface area contributed by atoms with Crippen LogP contribution in [0.1, 0.15) is 29.8 Å². The highest BCUT2D eigenvalue weighted by molar-refractivity contribution is 6.04. The summed E-state index contributed by atoms with van der Waals surface area (Å²) in [6.45, 7) is 1.80. The first-order valence-corrected chi connectivity index (χ1v) is 8.29. The molecule has 0 aliphatic carbocycles. The minimum atomic E-state index is -0.533. The Bertz CT molecular complexity index is 821. The number of ether oxygens (including phenoxy) is 1. The Morgan fingerprint density at radius 1 is 1.23 bits per heavy atom. The molecule has 2 aromatic rings. The Balaban J connectivity index is 1.82. The summed E-state index contributed by atoms with van der Waals surface area (Å²) in [6, 6.07) is 5.63. The molecule has 26 heavy (non-hydrogen) atoms. The molecular formula is C17H19N5O4. The van der Waals surface area contributed by atoms with E-state index in [1.165, 1.54) is 38.1 Å². The van der Waals surface area contributed by atoms with Crippen molar-refractivity contribution in [2.75, 3.05) is 30.4 Å². The first-order valence-electron chi connectivity index (χ1n) is 8.29. The van der Waals surface area contributed by atoms with Crippen LogP contribution in [0.2, 0.25) is 0 Å². The number of nitro groups is 1. The van der Waals surface area contributed by atoms with Gasteiger partial charge >= 0.3 is 0 Å². The van der Waals surface area contributed by atoms with Crippen molar-refractivity contribution < 1.29 is 14.5 Å². The highest BCUT2D eigenvalue weighted by Gasteiger charge is 2.18. The van der Waals surface area contributed by atoms with Crippen molar-refractivity contribution >= 4 is 23.1 Å². The van der Waals surface area contributed by atoms with Gasteiger partial charge in [-0.2, -0.15) is 0 Å². The van der Waals surface area contributed by atoms with Gasteiger partial charge < -0.3 is 15.0 Å². The normalized spacial score (nSPS) is 14.0. The van der Waals surface area contributed by atoms with Crippen LogP contribution < -0.4 is 15.0 Å². The van der Waals surface area contributed by atoms with Crippen molar-refractivity contribution in [1.29, 1.82) is 0 Å². The number of benzene rings is 1. The number of piperidine rings is 1. The van der Waals surface area contributed by atoms with Crippen molar-refractivity contribution in [3.8, 4) is 5.75 Å². The second-order valence-electron chi connectivity index (χ2n) is 5.90. The fourth-order valence-electron chi connectivity index (χ4n) is 2.86. The topological polar surface area (TPSA) is 110 Å². The molecule has 0 spiro atoms. The van der Waals surface area contributed by atoms with Crippen molar-refractivity contribution in [1.82, 2.24) is 9.97 Å². The van der Waals surface area contributed by atoms with Crippen molar-refractivity contribution in [3.05, 3.63) is 46.4 Å². The summed E-state index contributed by atoms with van der Waals surface area (Å²) in [4.78, 5) is 33.4. The van der Waals surface area contributed by atoms with Gasteiger partial charge in [-0.3, -0.25) is 14.9 Å². The maximum absolute atomic E-state index is 12.6. The molecule has 1 aromatic heterocycles. The summed E-state index contributed by atoms with van der Waals surface area (Å²) in [5.41, 5.74) is 0.261. The lowest BCUT2D eigenvalue weighted by atomic mass is 10.1. The Labute approximate surface area is 150 Å². The predicted molar refractivity (Wildman–Crippen MR) is 95.7 cm³/mol. The number of nitrogens with zero attached hydrogens (tertiary/aromatic N) is 4. The van der Waals surface area contributed by atoms with Gasteiger partial charge in [-0.15, -0.1) is 0 Å². The SMILES string of the molecule is COc1ccc([N+](=O)[O-])cc1NC(=O)c1cc(N2CCCCC2)ncn1. The van der Waals surface area contributed by atoms with Crippen LogP contribution in [-0.2, 0) is 0 Å². The largest absolute Gasteiger partial charge is 0.495 e. The van der Waals surface area contributed by atoms with Gasteiger partial charge in [0.1, 0.15) is 23.6 Å². The molecule has 0 atom stereocenters. The van der Waals surface area contributed by atoms with Crippen molar-refractivity contribution in [3.63, 3.8) is 0 Å². The van der Waals surface area contributed by atoms with Gasteiger partial charge in [-0.25, -0.2) is 9.97 Å². The number of amides is 1. The number of hydrogen-bond acceptors (Lipinski definition) is 7. The van der Waals surface area contributed by atoms with E-state index in [9.17, 15) is 14.9 Å². The quantitative estimate of drug-likeness (QED) is 0.647. The number of rotatable bonds is 5. The highest BCUT2D eigenvalue weighted by Crippen LogP contribution is 2.29. The van der Waals surface area contributed by atoms with Gasteiger partial charge in [0.2, 0.25) is 0 Å². The van der Waals surface area contributed by atoms with E-state index in [0.717, 1.165) is 25.9 Å². The number of methoxy groups -OCH3 is 1. The molecule has 3 rings (SSSR count). The number of carbonyl (C=O) groups excluding carboxylic acids is 1. The van der Waals surface area contributed by atoms with Crippen LogP contribution in [0.5, 0.6) is 5.75 Å². The van der Waals surface area contributed by atoms with E-state index < -0.39 is 10.8 Å². The number of aromatic nitrogens is 2. The molecule has 1 N–H and O–H groups in total. The lowest BCUT2D eigenvalue weighted by Gasteiger charge is -2.27. The van der Waals surface area contributed by atoms with Crippen LogP contribution in [0.3, 0.4) is 0 Å². The molecule has 2 heterocycles. The first-order chi connectivity index (χ1) is 12.6. The second-order valence-corrected chi connectivity index (χ2v) is 5.90. The third kappa shape index (κ3) is 3.88. The van der Waals surface area contributed by atoms with Gasteiger partial charge in [-0.05, 0) is 25.3 Å². The molecular weight excluding hydrogens is 338 g/mol. The lowest BCUT2D eigenvalue weighted by molar-refractivity contribution is -0.384. The fourth-order valence-corrected chi connectivity index (χ4v) is 2.86. The third-order valence-corrected chi connectivity index (χ3v) is 4.21. The van der Waals surface area contributed by atoms with E-state index in [-0.39, 0.29) is 17.1 Å².